The molecule has 13 heavy (non-hydrogen) atoms. The summed E-state index contributed by atoms with van der Waals surface area (Å²) < 4.78 is 5.10. The fraction of sp³-hybridized carbons (Fsp3) is 1.00. The van der Waals surface area contributed by atoms with Gasteiger partial charge in [-0.2, -0.15) is 0 Å². The van der Waals surface area contributed by atoms with Crippen LogP contribution in [-0.4, -0.2) is 19.1 Å². The standard InChI is InChI=1S/C11H21ClO/c1-9(7-8-13-2)10-5-3-4-6-11(10)12/h9-11H,3-8H2,1-2H3. The van der Waals surface area contributed by atoms with E-state index in [0.717, 1.165) is 24.9 Å². The van der Waals surface area contributed by atoms with Crippen LogP contribution in [0, 0.1) is 11.8 Å². The second-order valence-electron chi connectivity index (χ2n) is 4.22. The minimum Gasteiger partial charge on any atom is -0.385 e. The average Bonchev–Trinajstić information content (AvgIpc) is 2.15. The number of rotatable bonds is 4. The van der Waals surface area contributed by atoms with Gasteiger partial charge >= 0.3 is 0 Å². The molecule has 1 nitrogen and oxygen atoms in total. The van der Waals surface area contributed by atoms with Crippen LogP contribution in [0.5, 0.6) is 0 Å². The first-order valence-corrected chi connectivity index (χ1v) is 5.82. The van der Waals surface area contributed by atoms with E-state index in [4.69, 9.17) is 16.3 Å². The number of methoxy groups -OCH3 is 1. The van der Waals surface area contributed by atoms with Crippen molar-refractivity contribution in [3.05, 3.63) is 0 Å². The van der Waals surface area contributed by atoms with Gasteiger partial charge in [0.1, 0.15) is 0 Å². The summed E-state index contributed by atoms with van der Waals surface area (Å²) in [5.74, 6) is 1.45. The molecule has 0 amide bonds. The summed E-state index contributed by atoms with van der Waals surface area (Å²) in [6, 6.07) is 0. The van der Waals surface area contributed by atoms with Crippen molar-refractivity contribution in [1.82, 2.24) is 0 Å². The SMILES string of the molecule is COCCC(C)C1CCCCC1Cl. The van der Waals surface area contributed by atoms with E-state index < -0.39 is 0 Å². The zero-order valence-electron chi connectivity index (χ0n) is 8.76. The number of halogens is 1. The fourth-order valence-corrected chi connectivity index (χ4v) is 2.80. The smallest absolute Gasteiger partial charge is 0.0464 e. The normalized spacial score (nSPS) is 31.6. The maximum absolute atomic E-state index is 6.32. The van der Waals surface area contributed by atoms with Gasteiger partial charge in [-0.1, -0.05) is 19.8 Å². The molecular formula is C11H21ClO. The van der Waals surface area contributed by atoms with E-state index in [0.29, 0.717) is 5.38 Å². The second-order valence-corrected chi connectivity index (χ2v) is 4.78. The number of hydrogen-bond donors (Lipinski definition) is 0. The Hall–Kier alpha value is 0.250. The van der Waals surface area contributed by atoms with E-state index in [1.54, 1.807) is 7.11 Å². The molecule has 0 radical (unpaired) electrons. The minimum atomic E-state index is 0.417. The van der Waals surface area contributed by atoms with Gasteiger partial charge < -0.3 is 4.74 Å². The molecule has 3 unspecified atom stereocenters. The Morgan fingerprint density at radius 3 is 2.69 bits per heavy atom. The molecule has 0 aliphatic heterocycles. The van der Waals surface area contributed by atoms with Crippen molar-refractivity contribution in [2.75, 3.05) is 13.7 Å². The van der Waals surface area contributed by atoms with Crippen molar-refractivity contribution < 1.29 is 4.74 Å². The molecule has 0 aromatic rings. The highest BCUT2D eigenvalue weighted by Crippen LogP contribution is 2.35. The van der Waals surface area contributed by atoms with Gasteiger partial charge in [-0.15, -0.1) is 11.6 Å². The molecule has 0 saturated heterocycles. The lowest BCUT2D eigenvalue weighted by Gasteiger charge is -2.31. The van der Waals surface area contributed by atoms with E-state index >= 15 is 0 Å². The minimum absolute atomic E-state index is 0.417. The van der Waals surface area contributed by atoms with Crippen molar-refractivity contribution >= 4 is 11.6 Å². The Labute approximate surface area is 86.8 Å². The first-order valence-electron chi connectivity index (χ1n) is 5.38. The van der Waals surface area contributed by atoms with Crippen LogP contribution in [0.25, 0.3) is 0 Å². The number of alkyl halides is 1. The highest BCUT2D eigenvalue weighted by Gasteiger charge is 2.27. The molecule has 0 aromatic heterocycles. The van der Waals surface area contributed by atoms with Crippen molar-refractivity contribution in [3.8, 4) is 0 Å². The topological polar surface area (TPSA) is 9.23 Å². The summed E-state index contributed by atoms with van der Waals surface area (Å²) >= 11 is 6.32. The number of hydrogen-bond acceptors (Lipinski definition) is 1. The molecule has 3 atom stereocenters. The second kappa shape index (κ2) is 5.87. The monoisotopic (exact) mass is 204 g/mol. The molecule has 0 heterocycles. The van der Waals surface area contributed by atoms with Gasteiger partial charge in [0.25, 0.3) is 0 Å². The largest absolute Gasteiger partial charge is 0.385 e. The van der Waals surface area contributed by atoms with Crippen LogP contribution in [0.1, 0.15) is 39.0 Å². The lowest BCUT2D eigenvalue weighted by molar-refractivity contribution is 0.154. The summed E-state index contributed by atoms with van der Waals surface area (Å²) in [6.07, 6.45) is 6.37. The molecule has 1 saturated carbocycles. The predicted octanol–water partition coefficient (Wildman–Crippen LogP) is 3.46. The molecule has 1 aliphatic carbocycles. The summed E-state index contributed by atoms with van der Waals surface area (Å²) in [5.41, 5.74) is 0. The lowest BCUT2D eigenvalue weighted by Crippen LogP contribution is -2.26. The van der Waals surface area contributed by atoms with Gasteiger partial charge in [0.15, 0.2) is 0 Å². The van der Waals surface area contributed by atoms with E-state index in [1.165, 1.54) is 25.7 Å². The Balaban J connectivity index is 2.30. The van der Waals surface area contributed by atoms with E-state index in [2.05, 4.69) is 6.92 Å². The van der Waals surface area contributed by atoms with Crippen LogP contribution in [0.3, 0.4) is 0 Å². The molecule has 0 N–H and O–H groups in total. The van der Waals surface area contributed by atoms with Crippen molar-refractivity contribution in [2.45, 2.75) is 44.4 Å². The van der Waals surface area contributed by atoms with Crippen LogP contribution in [-0.2, 0) is 4.74 Å². The Kier molecular flexibility index (Phi) is 5.12. The summed E-state index contributed by atoms with van der Waals surface area (Å²) in [7, 11) is 1.77. The van der Waals surface area contributed by atoms with E-state index in [9.17, 15) is 0 Å². The summed E-state index contributed by atoms with van der Waals surface area (Å²) in [5, 5.41) is 0.417. The zero-order valence-corrected chi connectivity index (χ0v) is 9.52. The van der Waals surface area contributed by atoms with Crippen LogP contribution >= 0.6 is 11.6 Å². The van der Waals surface area contributed by atoms with Crippen molar-refractivity contribution in [2.24, 2.45) is 11.8 Å². The van der Waals surface area contributed by atoms with Crippen molar-refractivity contribution in [3.63, 3.8) is 0 Å². The quantitative estimate of drug-likeness (QED) is 0.638. The van der Waals surface area contributed by atoms with Gasteiger partial charge in [0.05, 0.1) is 0 Å². The van der Waals surface area contributed by atoms with Gasteiger partial charge in [0.2, 0.25) is 0 Å². The molecule has 1 fully saturated rings. The van der Waals surface area contributed by atoms with Crippen LogP contribution < -0.4 is 0 Å². The molecule has 0 bridgehead atoms. The van der Waals surface area contributed by atoms with Crippen molar-refractivity contribution in [1.29, 1.82) is 0 Å². The molecule has 0 spiro atoms. The van der Waals surface area contributed by atoms with Crippen LogP contribution in [0.2, 0.25) is 0 Å². The lowest BCUT2D eigenvalue weighted by atomic mass is 9.79. The zero-order chi connectivity index (χ0) is 9.68. The Bertz CT molecular complexity index is 138. The van der Waals surface area contributed by atoms with Crippen LogP contribution in [0.4, 0.5) is 0 Å². The maximum atomic E-state index is 6.32. The van der Waals surface area contributed by atoms with Crippen LogP contribution in [0.15, 0.2) is 0 Å². The highest BCUT2D eigenvalue weighted by atomic mass is 35.5. The Morgan fingerprint density at radius 1 is 1.38 bits per heavy atom. The maximum Gasteiger partial charge on any atom is 0.0464 e. The van der Waals surface area contributed by atoms with Gasteiger partial charge in [-0.3, -0.25) is 0 Å². The molecule has 2 heteroatoms. The first kappa shape index (κ1) is 11.3. The summed E-state index contributed by atoms with van der Waals surface area (Å²) in [6.45, 7) is 3.19. The predicted molar refractivity (Wildman–Crippen MR) is 57.3 cm³/mol. The summed E-state index contributed by atoms with van der Waals surface area (Å²) in [4.78, 5) is 0. The third-order valence-electron chi connectivity index (χ3n) is 3.24. The van der Waals surface area contributed by atoms with Gasteiger partial charge in [-0.25, -0.2) is 0 Å². The first-order chi connectivity index (χ1) is 6.25. The van der Waals surface area contributed by atoms with Gasteiger partial charge in [-0.05, 0) is 31.1 Å². The molecule has 1 aliphatic rings. The van der Waals surface area contributed by atoms with Gasteiger partial charge in [0, 0.05) is 19.1 Å². The number of ether oxygens (including phenoxy) is 1. The highest BCUT2D eigenvalue weighted by molar-refractivity contribution is 6.20. The van der Waals surface area contributed by atoms with E-state index in [-0.39, 0.29) is 0 Å². The third kappa shape index (κ3) is 3.47. The Morgan fingerprint density at radius 2 is 2.08 bits per heavy atom. The molecule has 1 rings (SSSR count). The molecule has 0 aromatic carbocycles. The average molecular weight is 205 g/mol. The molecular weight excluding hydrogens is 184 g/mol. The fourth-order valence-electron chi connectivity index (χ4n) is 2.27. The van der Waals surface area contributed by atoms with E-state index in [1.807, 2.05) is 0 Å². The molecule has 78 valence electrons. The third-order valence-corrected chi connectivity index (χ3v) is 3.78.